The fourth-order valence-corrected chi connectivity index (χ4v) is 7.82. The van der Waals surface area contributed by atoms with E-state index >= 15 is 0 Å². The van der Waals surface area contributed by atoms with E-state index in [0.717, 1.165) is 112 Å². The minimum atomic E-state index is 0.596. The van der Waals surface area contributed by atoms with Crippen LogP contribution in [-0.4, -0.2) is 111 Å². The zero-order valence-corrected chi connectivity index (χ0v) is 33.5. The van der Waals surface area contributed by atoms with Gasteiger partial charge in [0, 0.05) is 112 Å². The lowest BCUT2D eigenvalue weighted by atomic mass is 10.1. The van der Waals surface area contributed by atoms with Crippen molar-refractivity contribution in [2.24, 2.45) is 0 Å². The lowest BCUT2D eigenvalue weighted by molar-refractivity contribution is 0.0557. The quantitative estimate of drug-likeness (QED) is 0.207. The van der Waals surface area contributed by atoms with Crippen LogP contribution < -0.4 is 10.6 Å². The summed E-state index contributed by atoms with van der Waals surface area (Å²) < 4.78 is 14.0. The Morgan fingerprint density at radius 2 is 0.904 bits per heavy atom. The summed E-state index contributed by atoms with van der Waals surface area (Å²) in [5, 5.41) is 7.14. The fraction of sp³-hybridized carbons (Fsp3) is 0.429. The second kappa shape index (κ2) is 21.2. The molecule has 6 bridgehead atoms. The number of fused-ring (bicyclic) bond motifs is 17. The van der Waals surface area contributed by atoms with E-state index in [1.165, 1.54) is 22.3 Å². The van der Waals surface area contributed by atoms with Crippen molar-refractivity contribution in [1.29, 1.82) is 0 Å². The van der Waals surface area contributed by atoms with Gasteiger partial charge in [0.05, 0.1) is 26.4 Å². The normalized spacial score (nSPS) is 21.0. The highest BCUT2D eigenvalue weighted by atomic mass is 79.9. The number of rotatable bonds is 4. The number of halogens is 2. The SMILES string of the molecule is Brc1cccc(CN2CCN3CCN(Cc4cccc(Br)c4)CCN(CC2)Cc2cccc(c2)NCCOCCOCCNc2cccc(c2)C3)c1. The van der Waals surface area contributed by atoms with Crippen LogP contribution in [0.5, 0.6) is 0 Å². The predicted molar refractivity (Wildman–Crippen MR) is 221 cm³/mol. The first-order valence-electron chi connectivity index (χ1n) is 18.7. The van der Waals surface area contributed by atoms with Gasteiger partial charge in [-0.05, 0) is 70.8 Å². The Morgan fingerprint density at radius 1 is 0.481 bits per heavy atom. The summed E-state index contributed by atoms with van der Waals surface area (Å²) in [4.78, 5) is 10.6. The monoisotopic (exact) mass is 832 g/mol. The molecule has 0 amide bonds. The minimum absolute atomic E-state index is 0.596. The van der Waals surface area contributed by atoms with E-state index in [9.17, 15) is 0 Å². The Hall–Kier alpha value is -2.80. The van der Waals surface area contributed by atoms with Crippen LogP contribution in [0.4, 0.5) is 11.4 Å². The van der Waals surface area contributed by atoms with Crippen molar-refractivity contribution in [3.8, 4) is 0 Å². The van der Waals surface area contributed by atoms with Crippen molar-refractivity contribution in [3.63, 3.8) is 0 Å². The van der Waals surface area contributed by atoms with Gasteiger partial charge in [0.25, 0.3) is 0 Å². The van der Waals surface area contributed by atoms with Crippen LogP contribution in [0.15, 0.2) is 106 Å². The number of benzene rings is 4. The third-order valence-corrected chi connectivity index (χ3v) is 10.7. The van der Waals surface area contributed by atoms with Crippen molar-refractivity contribution in [3.05, 3.63) is 128 Å². The summed E-state index contributed by atoms with van der Waals surface area (Å²) in [5.74, 6) is 0. The molecule has 0 aromatic heterocycles. The molecule has 4 aromatic carbocycles. The van der Waals surface area contributed by atoms with Crippen LogP contribution in [0.1, 0.15) is 22.3 Å². The van der Waals surface area contributed by atoms with Gasteiger partial charge in [0.1, 0.15) is 0 Å². The first-order chi connectivity index (χ1) is 25.5. The third kappa shape index (κ3) is 13.6. The molecule has 0 radical (unpaired) electrons. The molecule has 1 fully saturated rings. The minimum Gasteiger partial charge on any atom is -0.383 e. The largest absolute Gasteiger partial charge is 0.383 e. The first kappa shape index (κ1) is 38.9. The van der Waals surface area contributed by atoms with Gasteiger partial charge in [-0.1, -0.05) is 80.4 Å². The maximum atomic E-state index is 5.85. The summed E-state index contributed by atoms with van der Waals surface area (Å²) in [6.07, 6.45) is 0. The molecular formula is C42H54Br2N6O2. The molecule has 0 spiro atoms. The molecule has 4 aromatic rings. The zero-order valence-electron chi connectivity index (χ0n) is 30.3. The molecule has 0 saturated carbocycles. The van der Waals surface area contributed by atoms with Crippen LogP contribution in [0.25, 0.3) is 0 Å². The second-order valence-electron chi connectivity index (χ2n) is 13.8. The Kier molecular flexibility index (Phi) is 15.8. The summed E-state index contributed by atoms with van der Waals surface area (Å²) in [6.45, 7) is 15.7. The van der Waals surface area contributed by atoms with Crippen LogP contribution in [0.3, 0.4) is 0 Å². The number of hydrogen-bond donors (Lipinski definition) is 2. The maximum absolute atomic E-state index is 5.85. The van der Waals surface area contributed by atoms with E-state index in [2.05, 4.69) is 159 Å². The van der Waals surface area contributed by atoms with Gasteiger partial charge < -0.3 is 20.1 Å². The van der Waals surface area contributed by atoms with E-state index in [0.29, 0.717) is 26.4 Å². The van der Waals surface area contributed by atoms with Crippen molar-refractivity contribution >= 4 is 43.2 Å². The lowest BCUT2D eigenvalue weighted by Gasteiger charge is -2.34. The van der Waals surface area contributed by atoms with E-state index < -0.39 is 0 Å². The molecule has 1 saturated heterocycles. The highest BCUT2D eigenvalue weighted by Gasteiger charge is 2.18. The van der Waals surface area contributed by atoms with Gasteiger partial charge in [0.15, 0.2) is 0 Å². The summed E-state index contributed by atoms with van der Waals surface area (Å²) >= 11 is 7.42. The molecule has 10 heteroatoms. The molecule has 278 valence electrons. The van der Waals surface area contributed by atoms with E-state index in [1.54, 1.807) is 0 Å². The third-order valence-electron chi connectivity index (χ3n) is 9.71. The second-order valence-corrected chi connectivity index (χ2v) is 15.7. The van der Waals surface area contributed by atoms with Gasteiger partial charge >= 0.3 is 0 Å². The molecule has 0 atom stereocenters. The Morgan fingerprint density at radius 3 is 1.33 bits per heavy atom. The molecular weight excluding hydrogens is 780 g/mol. The molecule has 0 aliphatic carbocycles. The topological polar surface area (TPSA) is 55.5 Å². The Balaban J connectivity index is 1.27. The molecule has 3 aliphatic heterocycles. The van der Waals surface area contributed by atoms with E-state index in [1.807, 2.05) is 0 Å². The number of ether oxygens (including phenoxy) is 2. The molecule has 3 heterocycles. The first-order valence-corrected chi connectivity index (χ1v) is 20.3. The molecule has 3 aliphatic rings. The molecule has 7 rings (SSSR count). The van der Waals surface area contributed by atoms with Crippen LogP contribution >= 0.6 is 31.9 Å². The van der Waals surface area contributed by atoms with Crippen LogP contribution in [-0.2, 0) is 35.7 Å². The predicted octanol–water partition coefficient (Wildman–Crippen LogP) is 7.40. The van der Waals surface area contributed by atoms with E-state index in [4.69, 9.17) is 9.47 Å². The number of nitrogens with zero attached hydrogens (tertiary/aromatic N) is 4. The fourth-order valence-electron chi connectivity index (χ4n) is 6.93. The maximum Gasteiger partial charge on any atom is 0.0701 e. The Bertz CT molecular complexity index is 1520. The zero-order chi connectivity index (χ0) is 35.8. The van der Waals surface area contributed by atoms with Crippen molar-refractivity contribution < 1.29 is 9.47 Å². The molecule has 8 nitrogen and oxygen atoms in total. The van der Waals surface area contributed by atoms with Gasteiger partial charge in [-0.2, -0.15) is 0 Å². The van der Waals surface area contributed by atoms with Crippen molar-refractivity contribution in [2.75, 3.05) is 103 Å². The number of nitrogens with one attached hydrogen (secondary N) is 2. The highest BCUT2D eigenvalue weighted by molar-refractivity contribution is 9.10. The average molecular weight is 835 g/mol. The van der Waals surface area contributed by atoms with Gasteiger partial charge in [-0.3, -0.25) is 19.6 Å². The van der Waals surface area contributed by atoms with Gasteiger partial charge in [-0.15, -0.1) is 0 Å². The summed E-state index contributed by atoms with van der Waals surface area (Å²) in [7, 11) is 0. The van der Waals surface area contributed by atoms with Crippen LogP contribution in [0, 0.1) is 0 Å². The smallest absolute Gasteiger partial charge is 0.0701 e. The van der Waals surface area contributed by atoms with Crippen molar-refractivity contribution in [1.82, 2.24) is 19.6 Å². The van der Waals surface area contributed by atoms with Crippen molar-refractivity contribution in [2.45, 2.75) is 26.2 Å². The number of anilines is 2. The molecule has 0 unspecified atom stereocenters. The van der Waals surface area contributed by atoms with Gasteiger partial charge in [0.2, 0.25) is 0 Å². The summed E-state index contributed by atoms with van der Waals surface area (Å²) in [5.41, 5.74) is 7.62. The average Bonchev–Trinajstić information content (AvgIpc) is 3.13. The van der Waals surface area contributed by atoms with Gasteiger partial charge in [-0.25, -0.2) is 0 Å². The number of hydrogen-bond acceptors (Lipinski definition) is 8. The lowest BCUT2D eigenvalue weighted by Crippen LogP contribution is -2.45. The van der Waals surface area contributed by atoms with Crippen LogP contribution in [0.2, 0.25) is 0 Å². The summed E-state index contributed by atoms with van der Waals surface area (Å²) in [6, 6.07) is 35.4. The van der Waals surface area contributed by atoms with E-state index in [-0.39, 0.29) is 0 Å². The standard InChI is InChI=1S/C42H54Br2N6O2/c43-39-9-1-5-35(27-39)31-47-15-19-49-21-17-48(32-36-6-2-10-40(44)28-36)18-22-50(20-16-47)34-38-8-4-12-42(30-38)46-14-24-52-26-25-51-23-13-45-41-11-3-7-37(29-41)33-49/h1-12,27-30,45-46H,13-26,31-34H2. The molecule has 2 N–H and O–H groups in total. The highest BCUT2D eigenvalue weighted by Crippen LogP contribution is 2.19. The molecule has 52 heavy (non-hydrogen) atoms. The Labute approximate surface area is 327 Å².